The number of aliphatic hydroxyl groups is 1. The van der Waals surface area contributed by atoms with E-state index in [1.54, 1.807) is 6.07 Å². The second-order valence-corrected chi connectivity index (χ2v) is 5.34. The van der Waals surface area contributed by atoms with Gasteiger partial charge in [0, 0.05) is 5.56 Å². The summed E-state index contributed by atoms with van der Waals surface area (Å²) in [5.41, 5.74) is 1.25. The molecule has 4 heteroatoms. The van der Waals surface area contributed by atoms with E-state index in [0.29, 0.717) is 5.56 Å². The second kappa shape index (κ2) is 6.58. The molecule has 0 aliphatic rings. The lowest BCUT2D eigenvalue weighted by Gasteiger charge is -2.11. The first kappa shape index (κ1) is 15.2. The van der Waals surface area contributed by atoms with E-state index < -0.39 is 5.82 Å². The molecule has 0 atom stereocenters. The van der Waals surface area contributed by atoms with Crippen LogP contribution in [0.5, 0.6) is 0 Å². The van der Waals surface area contributed by atoms with Crippen LogP contribution in [0.2, 0.25) is 0 Å². The van der Waals surface area contributed by atoms with Crippen molar-refractivity contribution >= 4 is 22.4 Å². The predicted molar refractivity (Wildman–Crippen MR) is 88.6 cm³/mol. The van der Waals surface area contributed by atoms with Gasteiger partial charge in [-0.15, -0.1) is 0 Å². The standard InChI is InChI=1S/C19H16FNO2/c20-17-7-3-6-16(12-22)19(17)21-18(23)11-13-8-9-14-4-1-2-5-15(14)10-13/h1-10,22H,11-12H2,(H,21,23). The number of anilines is 1. The molecule has 0 unspecified atom stereocenters. The molecule has 3 nitrogen and oxygen atoms in total. The Bertz CT molecular complexity index is 861. The van der Waals surface area contributed by atoms with Gasteiger partial charge in [0.1, 0.15) is 5.82 Å². The smallest absolute Gasteiger partial charge is 0.228 e. The molecule has 0 aliphatic heterocycles. The monoisotopic (exact) mass is 309 g/mol. The van der Waals surface area contributed by atoms with Crippen molar-refractivity contribution in [2.75, 3.05) is 5.32 Å². The van der Waals surface area contributed by atoms with Crippen LogP contribution in [0.15, 0.2) is 60.7 Å². The van der Waals surface area contributed by atoms with Crippen molar-refractivity contribution < 1.29 is 14.3 Å². The number of rotatable bonds is 4. The summed E-state index contributed by atoms with van der Waals surface area (Å²) in [7, 11) is 0. The average Bonchev–Trinajstić information content (AvgIpc) is 2.56. The van der Waals surface area contributed by atoms with Crippen LogP contribution in [0.4, 0.5) is 10.1 Å². The van der Waals surface area contributed by atoms with Gasteiger partial charge in [0.2, 0.25) is 5.91 Å². The molecule has 0 aliphatic carbocycles. The van der Waals surface area contributed by atoms with Crippen LogP contribution in [0.25, 0.3) is 10.8 Å². The van der Waals surface area contributed by atoms with Crippen molar-refractivity contribution in [3.8, 4) is 0 Å². The topological polar surface area (TPSA) is 49.3 Å². The van der Waals surface area contributed by atoms with Crippen LogP contribution in [0, 0.1) is 5.82 Å². The van der Waals surface area contributed by atoms with Gasteiger partial charge in [-0.2, -0.15) is 0 Å². The number of hydrogen-bond donors (Lipinski definition) is 2. The highest BCUT2D eigenvalue weighted by atomic mass is 19.1. The molecule has 0 heterocycles. The van der Waals surface area contributed by atoms with E-state index >= 15 is 0 Å². The van der Waals surface area contributed by atoms with Gasteiger partial charge >= 0.3 is 0 Å². The Morgan fingerprint density at radius 1 is 1.00 bits per heavy atom. The largest absolute Gasteiger partial charge is 0.392 e. The maximum atomic E-state index is 13.8. The van der Waals surface area contributed by atoms with Gasteiger partial charge in [0.25, 0.3) is 0 Å². The highest BCUT2D eigenvalue weighted by molar-refractivity contribution is 5.94. The van der Waals surface area contributed by atoms with E-state index in [0.717, 1.165) is 16.3 Å². The summed E-state index contributed by atoms with van der Waals surface area (Å²) in [4.78, 5) is 12.2. The molecule has 1 amide bonds. The number of nitrogens with one attached hydrogen (secondary N) is 1. The molecular formula is C19H16FNO2. The average molecular weight is 309 g/mol. The van der Waals surface area contributed by atoms with E-state index in [1.807, 2.05) is 42.5 Å². The lowest BCUT2D eigenvalue weighted by Crippen LogP contribution is -2.16. The molecule has 0 bridgehead atoms. The normalized spacial score (nSPS) is 10.7. The molecule has 116 valence electrons. The van der Waals surface area contributed by atoms with Crippen molar-refractivity contribution in [2.24, 2.45) is 0 Å². The molecule has 0 fully saturated rings. The number of amides is 1. The Hall–Kier alpha value is -2.72. The van der Waals surface area contributed by atoms with E-state index in [4.69, 9.17) is 0 Å². The number of aliphatic hydroxyl groups excluding tert-OH is 1. The Morgan fingerprint density at radius 3 is 2.57 bits per heavy atom. The van der Waals surface area contributed by atoms with E-state index in [1.165, 1.54) is 12.1 Å². The van der Waals surface area contributed by atoms with E-state index in [-0.39, 0.29) is 24.6 Å². The SMILES string of the molecule is O=C(Cc1ccc2ccccc2c1)Nc1c(F)cccc1CO. The summed E-state index contributed by atoms with van der Waals surface area (Å²) in [6.07, 6.45) is 0.143. The molecule has 0 saturated carbocycles. The Kier molecular flexibility index (Phi) is 4.35. The molecule has 23 heavy (non-hydrogen) atoms. The fourth-order valence-corrected chi connectivity index (χ4v) is 2.56. The van der Waals surface area contributed by atoms with Crippen LogP contribution >= 0.6 is 0 Å². The first-order valence-corrected chi connectivity index (χ1v) is 7.33. The fourth-order valence-electron chi connectivity index (χ4n) is 2.56. The molecule has 0 radical (unpaired) electrons. The highest BCUT2D eigenvalue weighted by Gasteiger charge is 2.12. The third kappa shape index (κ3) is 3.38. The number of benzene rings is 3. The molecule has 3 aromatic carbocycles. The number of fused-ring (bicyclic) bond motifs is 1. The maximum Gasteiger partial charge on any atom is 0.228 e. The summed E-state index contributed by atoms with van der Waals surface area (Å²) in [5.74, 6) is -0.872. The zero-order valence-corrected chi connectivity index (χ0v) is 12.4. The maximum absolute atomic E-state index is 13.8. The van der Waals surface area contributed by atoms with Gasteiger partial charge in [-0.25, -0.2) is 4.39 Å². The third-order valence-corrected chi connectivity index (χ3v) is 3.71. The summed E-state index contributed by atoms with van der Waals surface area (Å²) >= 11 is 0. The highest BCUT2D eigenvalue weighted by Crippen LogP contribution is 2.21. The first-order chi connectivity index (χ1) is 11.2. The van der Waals surface area contributed by atoms with Crippen LogP contribution in [-0.2, 0) is 17.8 Å². The second-order valence-electron chi connectivity index (χ2n) is 5.34. The molecule has 0 saturated heterocycles. The van der Waals surface area contributed by atoms with Gasteiger partial charge in [-0.1, -0.05) is 54.6 Å². The zero-order chi connectivity index (χ0) is 16.2. The lowest BCUT2D eigenvalue weighted by atomic mass is 10.0. The zero-order valence-electron chi connectivity index (χ0n) is 12.4. The van der Waals surface area contributed by atoms with Gasteiger partial charge in [-0.05, 0) is 22.4 Å². The molecule has 0 spiro atoms. The van der Waals surface area contributed by atoms with Crippen molar-refractivity contribution in [3.05, 3.63) is 77.6 Å². The Morgan fingerprint density at radius 2 is 1.78 bits per heavy atom. The van der Waals surface area contributed by atoms with Gasteiger partial charge < -0.3 is 10.4 Å². The van der Waals surface area contributed by atoms with Gasteiger partial charge in [-0.3, -0.25) is 4.79 Å². The summed E-state index contributed by atoms with van der Waals surface area (Å²) in [6, 6.07) is 18.0. The van der Waals surface area contributed by atoms with Gasteiger partial charge in [0.05, 0.1) is 18.7 Å². The van der Waals surface area contributed by atoms with Crippen molar-refractivity contribution in [3.63, 3.8) is 0 Å². The van der Waals surface area contributed by atoms with Gasteiger partial charge in [0.15, 0.2) is 0 Å². The summed E-state index contributed by atoms with van der Waals surface area (Å²) in [5, 5.41) is 14.0. The minimum atomic E-state index is -0.552. The number of hydrogen-bond acceptors (Lipinski definition) is 2. The summed E-state index contributed by atoms with van der Waals surface area (Å²) < 4.78 is 13.8. The van der Waals surface area contributed by atoms with Crippen LogP contribution in [0.1, 0.15) is 11.1 Å². The number of carbonyl (C=O) groups is 1. The minimum absolute atomic E-state index is 0.0424. The molecule has 3 rings (SSSR count). The third-order valence-electron chi connectivity index (χ3n) is 3.71. The summed E-state index contributed by atoms with van der Waals surface area (Å²) in [6.45, 7) is -0.330. The van der Waals surface area contributed by atoms with Crippen LogP contribution in [-0.4, -0.2) is 11.0 Å². The molecule has 0 aromatic heterocycles. The first-order valence-electron chi connectivity index (χ1n) is 7.33. The Labute approximate surface area is 133 Å². The lowest BCUT2D eigenvalue weighted by molar-refractivity contribution is -0.115. The van der Waals surface area contributed by atoms with Crippen LogP contribution in [0.3, 0.4) is 0 Å². The fraction of sp³-hybridized carbons (Fsp3) is 0.105. The Balaban J connectivity index is 1.79. The molecular weight excluding hydrogens is 293 g/mol. The van der Waals surface area contributed by atoms with E-state index in [2.05, 4.69) is 5.32 Å². The van der Waals surface area contributed by atoms with Crippen molar-refractivity contribution in [1.82, 2.24) is 0 Å². The number of carbonyl (C=O) groups excluding carboxylic acids is 1. The quantitative estimate of drug-likeness (QED) is 0.773. The van der Waals surface area contributed by atoms with Crippen molar-refractivity contribution in [2.45, 2.75) is 13.0 Å². The predicted octanol–water partition coefficient (Wildman–Crippen LogP) is 3.65. The molecule has 2 N–H and O–H groups in total. The number of halogens is 1. The van der Waals surface area contributed by atoms with Crippen molar-refractivity contribution in [1.29, 1.82) is 0 Å². The van der Waals surface area contributed by atoms with E-state index in [9.17, 15) is 14.3 Å². The van der Waals surface area contributed by atoms with Crippen LogP contribution < -0.4 is 5.32 Å². The number of para-hydroxylation sites is 1. The molecule has 3 aromatic rings. The minimum Gasteiger partial charge on any atom is -0.392 e.